The normalized spacial score (nSPS) is 12.1. The zero-order chi connectivity index (χ0) is 52.3. The van der Waals surface area contributed by atoms with E-state index in [0.29, 0.717) is 5.92 Å². The third-order valence-corrected chi connectivity index (χ3v) is 15.3. The molecule has 0 spiro atoms. The lowest BCUT2D eigenvalue weighted by atomic mass is 9.86. The predicted molar refractivity (Wildman–Crippen MR) is 326 cm³/mol. The number of anilines is 6. The van der Waals surface area contributed by atoms with Gasteiger partial charge in [-0.1, -0.05) is 213 Å². The standard InChI is InChI=1S/C73H64N2O/c1-48(2)49-30-38-59(39-31-49)74(67-23-15-12-21-63(67)51-26-34-57(35-27-51)72(3,4)5)60-40-32-53-44-65-66-45-54-33-41-61(43-56(54)47-71(66)76-70(65)46-55(53)42-60)75(68-24-16-13-20-62(68)50-18-10-9-11-19-50)69-25-17-14-22-64(69)52-28-36-58(37-29-52)73(6,7)8/h9-48H,1-8H3. The fourth-order valence-electron chi connectivity index (χ4n) is 11.0. The second kappa shape index (κ2) is 19.2. The summed E-state index contributed by atoms with van der Waals surface area (Å²) in [5.74, 6) is 0.435. The van der Waals surface area contributed by atoms with Gasteiger partial charge in [-0.15, -0.1) is 0 Å². The molecule has 0 N–H and O–H groups in total. The summed E-state index contributed by atoms with van der Waals surface area (Å²) in [5.41, 5.74) is 19.4. The van der Waals surface area contributed by atoms with Crippen molar-refractivity contribution in [3.05, 3.63) is 253 Å². The SMILES string of the molecule is CC(C)c1ccc(N(c2ccc3cc4c(cc3c2)oc2cc3cc(N(c5ccccc5-c5ccccc5)c5ccccc5-c5ccc(C(C)(C)C)cc5)ccc3cc24)c2ccccc2-c2ccc(C(C)(C)C)cc2)cc1. The molecule has 0 aliphatic carbocycles. The molecule has 0 fully saturated rings. The van der Waals surface area contributed by atoms with Crippen molar-refractivity contribution >= 4 is 77.6 Å². The number of para-hydroxylation sites is 3. The molecule has 12 aromatic rings. The molecule has 1 aromatic heterocycles. The van der Waals surface area contributed by atoms with Crippen LogP contribution in [0.2, 0.25) is 0 Å². The number of hydrogen-bond acceptors (Lipinski definition) is 3. The average molecular weight is 985 g/mol. The van der Waals surface area contributed by atoms with Gasteiger partial charge in [0.05, 0.1) is 17.1 Å². The molecule has 0 saturated heterocycles. The fraction of sp³-hybridized carbons (Fsp3) is 0.151. The molecule has 0 amide bonds. The largest absolute Gasteiger partial charge is 0.456 e. The topological polar surface area (TPSA) is 19.6 Å². The van der Waals surface area contributed by atoms with E-state index in [-0.39, 0.29) is 10.8 Å². The quantitative estimate of drug-likeness (QED) is 0.136. The van der Waals surface area contributed by atoms with Crippen LogP contribution in [0.4, 0.5) is 34.1 Å². The van der Waals surface area contributed by atoms with Crippen molar-refractivity contribution in [2.45, 2.75) is 72.1 Å². The molecule has 0 atom stereocenters. The minimum atomic E-state index is 0.0582. The van der Waals surface area contributed by atoms with E-state index in [9.17, 15) is 0 Å². The Bertz CT molecular complexity index is 4080. The molecule has 11 aromatic carbocycles. The summed E-state index contributed by atoms with van der Waals surface area (Å²) in [7, 11) is 0. The summed E-state index contributed by atoms with van der Waals surface area (Å²) < 4.78 is 6.91. The van der Waals surface area contributed by atoms with Crippen LogP contribution in [-0.2, 0) is 10.8 Å². The van der Waals surface area contributed by atoms with E-state index in [1.807, 2.05) is 0 Å². The summed E-state index contributed by atoms with van der Waals surface area (Å²) in [6, 6.07) is 87.2. The van der Waals surface area contributed by atoms with Crippen molar-refractivity contribution in [1.82, 2.24) is 0 Å². The zero-order valence-corrected chi connectivity index (χ0v) is 44.9. The highest BCUT2D eigenvalue weighted by Crippen LogP contribution is 2.47. The molecule has 0 aliphatic heterocycles. The summed E-state index contributed by atoms with van der Waals surface area (Å²) in [6.45, 7) is 18.1. The Balaban J connectivity index is 0.973. The summed E-state index contributed by atoms with van der Waals surface area (Å²) >= 11 is 0. The molecular weight excluding hydrogens is 921 g/mol. The van der Waals surface area contributed by atoms with Gasteiger partial charge in [0, 0.05) is 44.5 Å². The van der Waals surface area contributed by atoms with Gasteiger partial charge in [0.15, 0.2) is 0 Å². The van der Waals surface area contributed by atoms with Crippen molar-refractivity contribution < 1.29 is 4.42 Å². The molecule has 1 heterocycles. The smallest absolute Gasteiger partial charge is 0.136 e. The number of furan rings is 1. The third kappa shape index (κ3) is 9.11. The van der Waals surface area contributed by atoms with E-state index in [4.69, 9.17) is 4.42 Å². The first kappa shape index (κ1) is 48.3. The highest BCUT2D eigenvalue weighted by molar-refractivity contribution is 6.14. The number of fused-ring (bicyclic) bond motifs is 5. The van der Waals surface area contributed by atoms with Crippen molar-refractivity contribution in [2.75, 3.05) is 9.80 Å². The van der Waals surface area contributed by atoms with Crippen LogP contribution in [0.5, 0.6) is 0 Å². The second-order valence-electron chi connectivity index (χ2n) is 22.9. The van der Waals surface area contributed by atoms with Crippen LogP contribution in [0.1, 0.15) is 78.0 Å². The van der Waals surface area contributed by atoms with E-state index >= 15 is 0 Å². The lowest BCUT2D eigenvalue weighted by Gasteiger charge is -2.30. The minimum Gasteiger partial charge on any atom is -0.456 e. The second-order valence-corrected chi connectivity index (χ2v) is 22.9. The van der Waals surface area contributed by atoms with Crippen LogP contribution < -0.4 is 9.80 Å². The number of hydrogen-bond donors (Lipinski definition) is 0. The van der Waals surface area contributed by atoms with Crippen molar-refractivity contribution in [3.63, 3.8) is 0 Å². The maximum absolute atomic E-state index is 6.91. The number of rotatable bonds is 10. The summed E-state index contributed by atoms with van der Waals surface area (Å²) in [6.07, 6.45) is 0. The first-order chi connectivity index (χ1) is 36.7. The van der Waals surface area contributed by atoms with Crippen LogP contribution in [0.15, 0.2) is 241 Å². The Labute approximate surface area is 448 Å². The Kier molecular flexibility index (Phi) is 12.2. The molecule has 0 aliphatic rings. The van der Waals surface area contributed by atoms with Crippen LogP contribution in [-0.4, -0.2) is 0 Å². The highest BCUT2D eigenvalue weighted by Gasteiger charge is 2.24. The van der Waals surface area contributed by atoms with E-state index in [1.54, 1.807) is 0 Å². The average Bonchev–Trinajstić information content (AvgIpc) is 3.88. The molecule has 12 rings (SSSR count). The lowest BCUT2D eigenvalue weighted by Crippen LogP contribution is -2.13. The van der Waals surface area contributed by atoms with Gasteiger partial charge in [0.25, 0.3) is 0 Å². The van der Waals surface area contributed by atoms with Gasteiger partial charge in [0.1, 0.15) is 11.2 Å². The Morgan fingerprint density at radius 3 is 1.14 bits per heavy atom. The minimum absolute atomic E-state index is 0.0582. The summed E-state index contributed by atoms with van der Waals surface area (Å²) in [5, 5.41) is 6.76. The highest BCUT2D eigenvalue weighted by atomic mass is 16.3. The van der Waals surface area contributed by atoms with Crippen LogP contribution >= 0.6 is 0 Å². The predicted octanol–water partition coefficient (Wildman–Crippen LogP) is 21.6. The molecule has 0 bridgehead atoms. The molecule has 3 heteroatoms. The Morgan fingerprint density at radius 2 is 0.711 bits per heavy atom. The van der Waals surface area contributed by atoms with E-state index in [1.165, 1.54) is 38.9 Å². The summed E-state index contributed by atoms with van der Waals surface area (Å²) in [4.78, 5) is 4.84. The molecule has 372 valence electrons. The van der Waals surface area contributed by atoms with E-state index in [0.717, 1.165) is 88.7 Å². The van der Waals surface area contributed by atoms with Gasteiger partial charge < -0.3 is 14.2 Å². The van der Waals surface area contributed by atoms with Gasteiger partial charge in [-0.05, 0) is 151 Å². The Hall–Kier alpha value is -8.66. The molecule has 0 unspecified atom stereocenters. The van der Waals surface area contributed by atoms with Gasteiger partial charge >= 0.3 is 0 Å². The van der Waals surface area contributed by atoms with Gasteiger partial charge in [-0.25, -0.2) is 0 Å². The van der Waals surface area contributed by atoms with Crippen molar-refractivity contribution in [2.24, 2.45) is 0 Å². The first-order valence-electron chi connectivity index (χ1n) is 26.8. The van der Waals surface area contributed by atoms with Gasteiger partial charge in [0.2, 0.25) is 0 Å². The van der Waals surface area contributed by atoms with Crippen molar-refractivity contribution in [1.29, 1.82) is 0 Å². The first-order valence-corrected chi connectivity index (χ1v) is 26.8. The van der Waals surface area contributed by atoms with E-state index in [2.05, 4.69) is 302 Å². The van der Waals surface area contributed by atoms with Crippen LogP contribution in [0, 0.1) is 0 Å². The maximum atomic E-state index is 6.91. The van der Waals surface area contributed by atoms with Crippen molar-refractivity contribution in [3.8, 4) is 33.4 Å². The van der Waals surface area contributed by atoms with Crippen LogP contribution in [0.3, 0.4) is 0 Å². The third-order valence-electron chi connectivity index (χ3n) is 15.3. The Morgan fingerprint density at radius 1 is 0.329 bits per heavy atom. The maximum Gasteiger partial charge on any atom is 0.136 e. The monoisotopic (exact) mass is 985 g/mol. The lowest BCUT2D eigenvalue weighted by molar-refractivity contribution is 0.590. The number of benzene rings is 11. The molecular formula is C73H64N2O. The molecule has 0 saturated carbocycles. The fourth-order valence-corrected chi connectivity index (χ4v) is 11.0. The molecule has 76 heavy (non-hydrogen) atoms. The van der Waals surface area contributed by atoms with Crippen LogP contribution in [0.25, 0.3) is 76.9 Å². The van der Waals surface area contributed by atoms with Gasteiger partial charge in [-0.3, -0.25) is 0 Å². The molecule has 3 nitrogen and oxygen atoms in total. The van der Waals surface area contributed by atoms with Gasteiger partial charge in [-0.2, -0.15) is 0 Å². The zero-order valence-electron chi connectivity index (χ0n) is 44.9. The number of nitrogens with zero attached hydrogens (tertiary/aromatic N) is 2. The molecule has 0 radical (unpaired) electrons. The van der Waals surface area contributed by atoms with E-state index < -0.39 is 0 Å².